The average molecular weight is 235 g/mol. The van der Waals surface area contributed by atoms with Gasteiger partial charge in [-0.1, -0.05) is 11.2 Å². The fourth-order valence-corrected chi connectivity index (χ4v) is 1.57. The molecule has 0 saturated carbocycles. The number of nitrogens with one attached hydrogen (secondary N) is 1. The van der Waals surface area contributed by atoms with Crippen LogP contribution in [0.5, 0.6) is 0 Å². The van der Waals surface area contributed by atoms with Crippen molar-refractivity contribution in [2.24, 2.45) is 0 Å². The lowest BCUT2D eigenvalue weighted by Crippen LogP contribution is -2.13. The van der Waals surface area contributed by atoms with Gasteiger partial charge in [0.15, 0.2) is 5.82 Å². The molecule has 0 spiro atoms. The number of nitrogens with zero attached hydrogens (tertiary/aromatic N) is 2. The van der Waals surface area contributed by atoms with Gasteiger partial charge in [0.05, 0.1) is 6.54 Å². The van der Waals surface area contributed by atoms with Gasteiger partial charge in [-0.3, -0.25) is 0 Å². The van der Waals surface area contributed by atoms with E-state index in [0.29, 0.717) is 24.8 Å². The van der Waals surface area contributed by atoms with Crippen LogP contribution in [0.25, 0.3) is 0 Å². The standard InChI is InChI=1S/C12H14FN3O/c1-8-5-11(13)4-3-10(8)6-14-7-12-15-9(2)16-17-12/h3-5,14H,6-7H2,1-2H3. The summed E-state index contributed by atoms with van der Waals surface area (Å²) >= 11 is 0. The first-order chi connectivity index (χ1) is 8.15. The van der Waals surface area contributed by atoms with Crippen LogP contribution in [0.3, 0.4) is 0 Å². The highest BCUT2D eigenvalue weighted by Gasteiger charge is 2.03. The maximum Gasteiger partial charge on any atom is 0.240 e. The van der Waals surface area contributed by atoms with Crippen molar-refractivity contribution >= 4 is 0 Å². The molecule has 1 aromatic heterocycles. The summed E-state index contributed by atoms with van der Waals surface area (Å²) in [5.74, 6) is 0.973. The summed E-state index contributed by atoms with van der Waals surface area (Å²) in [6, 6.07) is 4.76. The summed E-state index contributed by atoms with van der Waals surface area (Å²) in [5, 5.41) is 6.87. The zero-order valence-electron chi connectivity index (χ0n) is 9.83. The zero-order valence-corrected chi connectivity index (χ0v) is 9.83. The Hall–Kier alpha value is -1.75. The molecule has 4 nitrogen and oxygen atoms in total. The third-order valence-corrected chi connectivity index (χ3v) is 2.47. The fourth-order valence-electron chi connectivity index (χ4n) is 1.57. The van der Waals surface area contributed by atoms with Crippen LogP contribution in [-0.2, 0) is 13.1 Å². The van der Waals surface area contributed by atoms with Gasteiger partial charge in [0.1, 0.15) is 5.82 Å². The summed E-state index contributed by atoms with van der Waals surface area (Å²) in [5.41, 5.74) is 1.99. The summed E-state index contributed by atoms with van der Waals surface area (Å²) in [6.45, 7) is 4.82. The highest BCUT2D eigenvalue weighted by molar-refractivity contribution is 5.26. The molecular weight excluding hydrogens is 221 g/mol. The van der Waals surface area contributed by atoms with Crippen molar-refractivity contribution in [3.8, 4) is 0 Å². The third-order valence-electron chi connectivity index (χ3n) is 2.47. The topological polar surface area (TPSA) is 51.0 Å². The Bertz CT molecular complexity index is 510. The minimum absolute atomic E-state index is 0.209. The molecule has 0 saturated heterocycles. The summed E-state index contributed by atoms with van der Waals surface area (Å²) < 4.78 is 17.9. The minimum atomic E-state index is -0.209. The maximum absolute atomic E-state index is 12.9. The Morgan fingerprint density at radius 2 is 2.12 bits per heavy atom. The Kier molecular flexibility index (Phi) is 3.49. The molecule has 90 valence electrons. The van der Waals surface area contributed by atoms with Crippen LogP contribution in [0.4, 0.5) is 4.39 Å². The van der Waals surface area contributed by atoms with Gasteiger partial charge in [-0.05, 0) is 37.1 Å². The van der Waals surface area contributed by atoms with Crippen molar-refractivity contribution in [2.45, 2.75) is 26.9 Å². The van der Waals surface area contributed by atoms with E-state index in [2.05, 4.69) is 15.5 Å². The molecule has 5 heteroatoms. The summed E-state index contributed by atoms with van der Waals surface area (Å²) in [7, 11) is 0. The molecule has 0 amide bonds. The molecule has 1 N–H and O–H groups in total. The first-order valence-electron chi connectivity index (χ1n) is 5.40. The summed E-state index contributed by atoms with van der Waals surface area (Å²) in [4.78, 5) is 4.08. The van der Waals surface area contributed by atoms with Crippen LogP contribution in [0.1, 0.15) is 22.8 Å². The van der Waals surface area contributed by atoms with Crippen molar-refractivity contribution in [1.29, 1.82) is 0 Å². The molecule has 0 bridgehead atoms. The first-order valence-corrected chi connectivity index (χ1v) is 5.40. The predicted molar refractivity (Wildman–Crippen MR) is 60.7 cm³/mol. The molecule has 0 aliphatic rings. The van der Waals surface area contributed by atoms with Gasteiger partial charge >= 0.3 is 0 Å². The Labute approximate surface area is 98.8 Å². The van der Waals surface area contributed by atoms with E-state index in [1.807, 2.05) is 6.92 Å². The SMILES string of the molecule is Cc1noc(CNCc2ccc(F)cc2C)n1. The van der Waals surface area contributed by atoms with Gasteiger partial charge in [0.2, 0.25) is 5.89 Å². The largest absolute Gasteiger partial charge is 0.338 e. The van der Waals surface area contributed by atoms with Gasteiger partial charge in [0, 0.05) is 6.54 Å². The van der Waals surface area contributed by atoms with E-state index >= 15 is 0 Å². The van der Waals surface area contributed by atoms with Gasteiger partial charge in [-0.2, -0.15) is 4.98 Å². The minimum Gasteiger partial charge on any atom is -0.338 e. The molecule has 0 unspecified atom stereocenters. The van der Waals surface area contributed by atoms with Crippen molar-refractivity contribution in [3.63, 3.8) is 0 Å². The smallest absolute Gasteiger partial charge is 0.240 e. The quantitative estimate of drug-likeness (QED) is 0.881. The molecule has 2 aromatic rings. The van der Waals surface area contributed by atoms with Gasteiger partial charge < -0.3 is 9.84 Å². The molecule has 2 rings (SSSR count). The monoisotopic (exact) mass is 235 g/mol. The number of hydrogen-bond donors (Lipinski definition) is 1. The van der Waals surface area contributed by atoms with Crippen LogP contribution >= 0.6 is 0 Å². The molecular formula is C12H14FN3O. The van der Waals surface area contributed by atoms with E-state index in [1.165, 1.54) is 12.1 Å². The van der Waals surface area contributed by atoms with E-state index in [9.17, 15) is 4.39 Å². The normalized spacial score (nSPS) is 10.8. The maximum atomic E-state index is 12.9. The van der Waals surface area contributed by atoms with E-state index in [0.717, 1.165) is 11.1 Å². The Morgan fingerprint density at radius 1 is 1.29 bits per heavy atom. The number of hydrogen-bond acceptors (Lipinski definition) is 4. The second-order valence-corrected chi connectivity index (χ2v) is 3.91. The van der Waals surface area contributed by atoms with E-state index < -0.39 is 0 Å². The number of halogens is 1. The lowest BCUT2D eigenvalue weighted by molar-refractivity contribution is 0.364. The second kappa shape index (κ2) is 5.05. The van der Waals surface area contributed by atoms with Crippen molar-refractivity contribution in [2.75, 3.05) is 0 Å². The molecule has 0 aliphatic heterocycles. The van der Waals surface area contributed by atoms with E-state index in [4.69, 9.17) is 4.52 Å². The molecule has 1 aromatic carbocycles. The van der Waals surface area contributed by atoms with Crippen LogP contribution < -0.4 is 5.32 Å². The van der Waals surface area contributed by atoms with Crippen molar-refractivity contribution in [1.82, 2.24) is 15.5 Å². The lowest BCUT2D eigenvalue weighted by Gasteiger charge is -2.05. The number of aryl methyl sites for hydroxylation is 2. The molecule has 0 radical (unpaired) electrons. The first kappa shape index (κ1) is 11.7. The highest BCUT2D eigenvalue weighted by atomic mass is 19.1. The molecule has 17 heavy (non-hydrogen) atoms. The fraction of sp³-hybridized carbons (Fsp3) is 0.333. The number of rotatable bonds is 4. The number of benzene rings is 1. The second-order valence-electron chi connectivity index (χ2n) is 3.91. The molecule has 0 atom stereocenters. The lowest BCUT2D eigenvalue weighted by atomic mass is 10.1. The molecule has 1 heterocycles. The van der Waals surface area contributed by atoms with Crippen LogP contribution in [0, 0.1) is 19.7 Å². The van der Waals surface area contributed by atoms with Crippen LogP contribution in [-0.4, -0.2) is 10.1 Å². The van der Waals surface area contributed by atoms with E-state index in [-0.39, 0.29) is 5.82 Å². The van der Waals surface area contributed by atoms with Crippen molar-refractivity contribution < 1.29 is 8.91 Å². The van der Waals surface area contributed by atoms with Gasteiger partial charge in [0.25, 0.3) is 0 Å². The van der Waals surface area contributed by atoms with Gasteiger partial charge in [-0.15, -0.1) is 0 Å². The molecule has 0 fully saturated rings. The van der Waals surface area contributed by atoms with Crippen LogP contribution in [0.2, 0.25) is 0 Å². The van der Waals surface area contributed by atoms with E-state index in [1.54, 1.807) is 13.0 Å². The van der Waals surface area contributed by atoms with Crippen LogP contribution in [0.15, 0.2) is 22.7 Å². The zero-order chi connectivity index (χ0) is 12.3. The van der Waals surface area contributed by atoms with Gasteiger partial charge in [-0.25, -0.2) is 4.39 Å². The predicted octanol–water partition coefficient (Wildman–Crippen LogP) is 2.12. The average Bonchev–Trinajstić information content (AvgIpc) is 2.68. The Morgan fingerprint density at radius 3 is 2.76 bits per heavy atom. The number of aromatic nitrogens is 2. The third kappa shape index (κ3) is 3.10. The highest BCUT2D eigenvalue weighted by Crippen LogP contribution is 2.09. The Balaban J connectivity index is 1.90. The molecule has 0 aliphatic carbocycles. The van der Waals surface area contributed by atoms with Crippen molar-refractivity contribution in [3.05, 3.63) is 46.9 Å². The summed E-state index contributed by atoms with van der Waals surface area (Å²) in [6.07, 6.45) is 0.